The van der Waals surface area contributed by atoms with E-state index in [2.05, 4.69) is 9.97 Å². The van der Waals surface area contributed by atoms with Crippen molar-refractivity contribution in [2.45, 2.75) is 6.42 Å². The minimum Gasteiger partial charge on any atom is -0.497 e. The molecule has 2 aromatic rings. The number of nitrogen functional groups attached to an aromatic ring is 1. The Morgan fingerprint density at radius 1 is 1.35 bits per heavy atom. The van der Waals surface area contributed by atoms with E-state index in [1.165, 1.54) is 0 Å². The van der Waals surface area contributed by atoms with Crippen molar-refractivity contribution in [2.75, 3.05) is 12.8 Å². The van der Waals surface area contributed by atoms with Crippen molar-refractivity contribution in [3.63, 3.8) is 0 Å². The number of aromatic amines is 1. The Morgan fingerprint density at radius 2 is 2.06 bits per heavy atom. The predicted molar refractivity (Wildman–Crippen MR) is 69.6 cm³/mol. The summed E-state index contributed by atoms with van der Waals surface area (Å²) in [5.74, 6) is 1.41. The molecule has 88 valence electrons. The number of methoxy groups -OCH3 is 1. The smallest absolute Gasteiger partial charge is 0.198 e. The van der Waals surface area contributed by atoms with E-state index < -0.39 is 0 Å². The molecule has 0 bridgehead atoms. The molecule has 4 nitrogen and oxygen atoms in total. The summed E-state index contributed by atoms with van der Waals surface area (Å²) in [4.78, 5) is 6.86. The zero-order chi connectivity index (χ0) is 12.3. The van der Waals surface area contributed by atoms with Gasteiger partial charge in [0.2, 0.25) is 0 Å². The molecule has 0 aliphatic rings. The molecule has 0 amide bonds. The van der Waals surface area contributed by atoms with Gasteiger partial charge in [-0.15, -0.1) is 0 Å². The molecule has 0 spiro atoms. The number of nitrogens with one attached hydrogen (secondary N) is 1. The highest BCUT2D eigenvalue weighted by molar-refractivity contribution is 7.71. The van der Waals surface area contributed by atoms with Crippen LogP contribution in [-0.2, 0) is 6.42 Å². The second kappa shape index (κ2) is 4.97. The van der Waals surface area contributed by atoms with E-state index in [4.69, 9.17) is 22.7 Å². The van der Waals surface area contributed by atoms with Gasteiger partial charge >= 0.3 is 0 Å². The van der Waals surface area contributed by atoms with Crippen molar-refractivity contribution in [1.82, 2.24) is 9.97 Å². The maximum atomic E-state index is 5.84. The largest absolute Gasteiger partial charge is 0.497 e. The van der Waals surface area contributed by atoms with Gasteiger partial charge in [-0.1, -0.05) is 12.1 Å². The average Bonchev–Trinajstić information content (AvgIpc) is 2.34. The molecule has 1 heterocycles. The van der Waals surface area contributed by atoms with Gasteiger partial charge in [-0.3, -0.25) is 0 Å². The molecule has 0 radical (unpaired) electrons. The van der Waals surface area contributed by atoms with Crippen LogP contribution in [0.3, 0.4) is 0 Å². The molecule has 17 heavy (non-hydrogen) atoms. The van der Waals surface area contributed by atoms with Gasteiger partial charge in [0.25, 0.3) is 0 Å². The van der Waals surface area contributed by atoms with Gasteiger partial charge in [-0.2, -0.15) is 0 Å². The summed E-state index contributed by atoms with van der Waals surface area (Å²) >= 11 is 4.89. The monoisotopic (exact) mass is 247 g/mol. The van der Waals surface area contributed by atoms with Gasteiger partial charge in [0.15, 0.2) is 4.77 Å². The molecule has 0 saturated heterocycles. The number of hydrogen-bond acceptors (Lipinski definition) is 4. The molecule has 0 atom stereocenters. The number of rotatable bonds is 3. The summed E-state index contributed by atoms with van der Waals surface area (Å²) in [5, 5.41) is 0. The Hall–Kier alpha value is -1.88. The van der Waals surface area contributed by atoms with Crippen LogP contribution in [0.15, 0.2) is 30.5 Å². The standard InChI is InChI=1S/C12H13N3OS/c1-16-10-4-2-8(3-5-10)6-9-7-14-12(17)15-11(9)13/h2-5,7H,6H2,1H3,(H3,13,14,15,17). The fraction of sp³-hybridized carbons (Fsp3) is 0.167. The molecule has 0 aliphatic carbocycles. The van der Waals surface area contributed by atoms with E-state index in [1.807, 2.05) is 24.3 Å². The van der Waals surface area contributed by atoms with Gasteiger partial charge in [0, 0.05) is 18.2 Å². The van der Waals surface area contributed by atoms with Crippen LogP contribution in [0, 0.1) is 4.77 Å². The third-order valence-electron chi connectivity index (χ3n) is 2.48. The second-order valence-corrected chi connectivity index (χ2v) is 4.04. The van der Waals surface area contributed by atoms with Crippen LogP contribution in [0.2, 0.25) is 0 Å². The molecule has 0 unspecified atom stereocenters. The summed E-state index contributed by atoms with van der Waals surface area (Å²) in [5.41, 5.74) is 7.92. The SMILES string of the molecule is COc1ccc(Cc2cnc(=S)[nH]c2N)cc1. The Bertz CT molecular complexity index is 563. The lowest BCUT2D eigenvalue weighted by molar-refractivity contribution is 0.414. The van der Waals surface area contributed by atoms with Crippen molar-refractivity contribution in [3.05, 3.63) is 46.4 Å². The number of aromatic nitrogens is 2. The Labute approximate surface area is 104 Å². The first-order valence-corrected chi connectivity index (χ1v) is 5.56. The normalized spacial score (nSPS) is 10.2. The summed E-state index contributed by atoms with van der Waals surface area (Å²) in [7, 11) is 1.65. The van der Waals surface area contributed by atoms with E-state index in [-0.39, 0.29) is 0 Å². The molecular weight excluding hydrogens is 234 g/mol. The fourth-order valence-electron chi connectivity index (χ4n) is 1.54. The van der Waals surface area contributed by atoms with Gasteiger partial charge < -0.3 is 15.5 Å². The molecule has 1 aromatic heterocycles. The van der Waals surface area contributed by atoms with Crippen molar-refractivity contribution in [3.8, 4) is 5.75 Å². The number of ether oxygens (including phenoxy) is 1. The lowest BCUT2D eigenvalue weighted by Crippen LogP contribution is -2.00. The summed E-state index contributed by atoms with van der Waals surface area (Å²) in [6.07, 6.45) is 2.42. The van der Waals surface area contributed by atoms with E-state index in [0.717, 1.165) is 23.3 Å². The van der Waals surface area contributed by atoms with Gasteiger partial charge in [-0.05, 0) is 29.9 Å². The van der Waals surface area contributed by atoms with Crippen LogP contribution in [-0.4, -0.2) is 17.1 Å². The summed E-state index contributed by atoms with van der Waals surface area (Å²) in [6.45, 7) is 0. The number of nitrogens with two attached hydrogens (primary N) is 1. The quantitative estimate of drug-likeness (QED) is 0.817. The number of H-pyrrole nitrogens is 1. The summed E-state index contributed by atoms with van der Waals surface area (Å²) < 4.78 is 5.51. The van der Waals surface area contributed by atoms with E-state index in [9.17, 15) is 0 Å². The fourth-order valence-corrected chi connectivity index (χ4v) is 1.70. The van der Waals surface area contributed by atoms with E-state index in [0.29, 0.717) is 10.6 Å². The minimum absolute atomic E-state index is 0.404. The van der Waals surface area contributed by atoms with Crippen molar-refractivity contribution in [1.29, 1.82) is 0 Å². The zero-order valence-electron chi connectivity index (χ0n) is 9.43. The van der Waals surface area contributed by atoms with Crippen LogP contribution >= 0.6 is 12.2 Å². The van der Waals surface area contributed by atoms with Crippen LogP contribution in [0.4, 0.5) is 5.82 Å². The first-order chi connectivity index (χ1) is 8.19. The van der Waals surface area contributed by atoms with E-state index in [1.54, 1.807) is 13.3 Å². The third-order valence-corrected chi connectivity index (χ3v) is 2.69. The predicted octanol–water partition coefficient (Wildman–Crippen LogP) is 2.32. The molecule has 0 aliphatic heterocycles. The molecule has 2 rings (SSSR count). The van der Waals surface area contributed by atoms with Crippen LogP contribution < -0.4 is 10.5 Å². The highest BCUT2D eigenvalue weighted by atomic mass is 32.1. The maximum absolute atomic E-state index is 5.84. The molecule has 1 aromatic carbocycles. The molecule has 0 fully saturated rings. The maximum Gasteiger partial charge on any atom is 0.198 e. The lowest BCUT2D eigenvalue weighted by Gasteiger charge is -2.06. The van der Waals surface area contributed by atoms with Crippen molar-refractivity contribution < 1.29 is 4.74 Å². The highest BCUT2D eigenvalue weighted by Gasteiger charge is 2.02. The minimum atomic E-state index is 0.404. The molecule has 5 heteroatoms. The molecule has 3 N–H and O–H groups in total. The molecule has 0 saturated carbocycles. The van der Waals surface area contributed by atoms with Gasteiger partial charge in [0.1, 0.15) is 11.6 Å². The first-order valence-electron chi connectivity index (χ1n) is 5.15. The van der Waals surface area contributed by atoms with Crippen LogP contribution in [0.1, 0.15) is 11.1 Å². The first kappa shape index (κ1) is 11.6. The second-order valence-electron chi connectivity index (χ2n) is 3.65. The number of anilines is 1. The highest BCUT2D eigenvalue weighted by Crippen LogP contribution is 2.16. The van der Waals surface area contributed by atoms with Crippen molar-refractivity contribution >= 4 is 18.0 Å². The topological polar surface area (TPSA) is 63.9 Å². The van der Waals surface area contributed by atoms with Crippen LogP contribution in [0.25, 0.3) is 0 Å². The Morgan fingerprint density at radius 3 is 2.65 bits per heavy atom. The van der Waals surface area contributed by atoms with E-state index >= 15 is 0 Å². The number of benzene rings is 1. The number of nitrogens with zero attached hydrogens (tertiary/aromatic N) is 1. The van der Waals surface area contributed by atoms with Crippen molar-refractivity contribution in [2.24, 2.45) is 0 Å². The lowest BCUT2D eigenvalue weighted by atomic mass is 10.1. The van der Waals surface area contributed by atoms with Crippen LogP contribution in [0.5, 0.6) is 5.75 Å². The summed E-state index contributed by atoms with van der Waals surface area (Å²) in [6, 6.07) is 7.84. The Kier molecular flexibility index (Phi) is 3.39. The molecular formula is C12H13N3OS. The third kappa shape index (κ3) is 2.82. The Balaban J connectivity index is 2.22. The number of hydrogen-bond donors (Lipinski definition) is 2. The zero-order valence-corrected chi connectivity index (χ0v) is 10.3. The van der Waals surface area contributed by atoms with Gasteiger partial charge in [0.05, 0.1) is 7.11 Å². The average molecular weight is 247 g/mol. The van der Waals surface area contributed by atoms with Gasteiger partial charge in [-0.25, -0.2) is 4.98 Å².